The summed E-state index contributed by atoms with van der Waals surface area (Å²) in [6, 6.07) is 7.29. The van der Waals surface area contributed by atoms with E-state index < -0.39 is 29.0 Å². The topological polar surface area (TPSA) is 83.2 Å². The standard InChI is InChI=1S/C17H16F3N3O3/c1-9-11-4-2-3-5-13(11)26-14(9)8-22-16(25)23-12-6-10(17(18,19)20)7-21-15(12)24/h2-7,9,14H,8H2,1H3,(H,21,24)(H2,22,23,25)/t9-,14-/m0/s1. The van der Waals surface area contributed by atoms with Gasteiger partial charge in [0.15, 0.2) is 0 Å². The van der Waals surface area contributed by atoms with E-state index in [4.69, 9.17) is 4.74 Å². The molecule has 0 unspecified atom stereocenters. The van der Waals surface area contributed by atoms with Crippen molar-refractivity contribution in [3.8, 4) is 5.75 Å². The lowest BCUT2D eigenvalue weighted by Gasteiger charge is -2.16. The van der Waals surface area contributed by atoms with Crippen molar-refractivity contribution in [3.05, 3.63) is 58.0 Å². The number of hydrogen-bond donors (Lipinski definition) is 3. The summed E-state index contributed by atoms with van der Waals surface area (Å²) in [6.07, 6.45) is -4.38. The number of pyridine rings is 1. The fraction of sp³-hybridized carbons (Fsp3) is 0.294. The van der Waals surface area contributed by atoms with Crippen LogP contribution in [0.5, 0.6) is 5.75 Å². The zero-order valence-electron chi connectivity index (χ0n) is 13.7. The molecular formula is C17H16F3N3O3. The molecule has 26 heavy (non-hydrogen) atoms. The number of fused-ring (bicyclic) bond motifs is 1. The zero-order valence-corrected chi connectivity index (χ0v) is 13.7. The highest BCUT2D eigenvalue weighted by Crippen LogP contribution is 2.37. The molecule has 1 aliphatic heterocycles. The first-order chi connectivity index (χ1) is 12.3. The van der Waals surface area contributed by atoms with Crippen molar-refractivity contribution in [2.75, 3.05) is 11.9 Å². The predicted molar refractivity (Wildman–Crippen MR) is 88.4 cm³/mol. The molecule has 0 saturated heterocycles. The van der Waals surface area contributed by atoms with Crippen molar-refractivity contribution in [1.29, 1.82) is 0 Å². The second-order valence-electron chi connectivity index (χ2n) is 5.95. The summed E-state index contributed by atoms with van der Waals surface area (Å²) in [7, 11) is 0. The third-order valence-electron chi connectivity index (χ3n) is 4.19. The Labute approximate surface area is 146 Å². The molecule has 0 fully saturated rings. The number of benzene rings is 1. The highest BCUT2D eigenvalue weighted by molar-refractivity contribution is 5.89. The fourth-order valence-electron chi connectivity index (χ4n) is 2.75. The molecule has 0 aliphatic carbocycles. The number of hydrogen-bond acceptors (Lipinski definition) is 3. The van der Waals surface area contributed by atoms with E-state index in [1.165, 1.54) is 0 Å². The molecule has 1 aliphatic rings. The Bertz CT molecular complexity index is 879. The maximum Gasteiger partial charge on any atom is 0.417 e. The van der Waals surface area contributed by atoms with Gasteiger partial charge in [-0.15, -0.1) is 0 Å². The highest BCUT2D eigenvalue weighted by Gasteiger charge is 2.32. The molecule has 1 aromatic carbocycles. The first kappa shape index (κ1) is 17.8. The molecule has 6 nitrogen and oxygen atoms in total. The van der Waals surface area contributed by atoms with Gasteiger partial charge in [0.25, 0.3) is 5.56 Å². The minimum absolute atomic E-state index is 0.0449. The summed E-state index contributed by atoms with van der Waals surface area (Å²) in [5.41, 5.74) is -1.35. The molecule has 2 amide bonds. The van der Waals surface area contributed by atoms with Crippen LogP contribution in [-0.2, 0) is 6.18 Å². The van der Waals surface area contributed by atoms with Gasteiger partial charge in [0, 0.05) is 17.7 Å². The lowest BCUT2D eigenvalue weighted by atomic mass is 9.98. The van der Waals surface area contributed by atoms with Crippen LogP contribution in [0.3, 0.4) is 0 Å². The number of halogens is 3. The Hall–Kier alpha value is -2.97. The van der Waals surface area contributed by atoms with Crippen molar-refractivity contribution >= 4 is 11.7 Å². The molecule has 9 heteroatoms. The summed E-state index contributed by atoms with van der Waals surface area (Å²) in [6.45, 7) is 2.09. The number of para-hydroxylation sites is 1. The molecule has 0 bridgehead atoms. The van der Waals surface area contributed by atoms with E-state index >= 15 is 0 Å². The van der Waals surface area contributed by atoms with Gasteiger partial charge in [-0.3, -0.25) is 4.79 Å². The molecule has 3 N–H and O–H groups in total. The summed E-state index contributed by atoms with van der Waals surface area (Å²) >= 11 is 0. The Balaban J connectivity index is 1.61. The number of urea groups is 1. The summed E-state index contributed by atoms with van der Waals surface area (Å²) in [4.78, 5) is 25.5. The average molecular weight is 367 g/mol. The van der Waals surface area contributed by atoms with Crippen molar-refractivity contribution < 1.29 is 22.7 Å². The number of amides is 2. The van der Waals surface area contributed by atoms with Gasteiger partial charge in [0.05, 0.1) is 12.1 Å². The van der Waals surface area contributed by atoms with Gasteiger partial charge in [-0.1, -0.05) is 25.1 Å². The molecule has 0 saturated carbocycles. The molecule has 138 valence electrons. The van der Waals surface area contributed by atoms with Gasteiger partial charge >= 0.3 is 12.2 Å². The highest BCUT2D eigenvalue weighted by atomic mass is 19.4. The normalized spacial score (nSPS) is 18.8. The van der Waals surface area contributed by atoms with Crippen LogP contribution in [0, 0.1) is 0 Å². The molecule has 2 atom stereocenters. The second-order valence-corrected chi connectivity index (χ2v) is 5.95. The summed E-state index contributed by atoms with van der Waals surface area (Å²) < 4.78 is 43.8. The first-order valence-electron chi connectivity index (χ1n) is 7.86. The van der Waals surface area contributed by atoms with Crippen LogP contribution in [0.15, 0.2) is 41.3 Å². The van der Waals surface area contributed by atoms with Gasteiger partial charge in [-0.2, -0.15) is 13.2 Å². The number of aromatic amines is 1. The van der Waals surface area contributed by atoms with E-state index in [1.807, 2.05) is 36.2 Å². The monoisotopic (exact) mass is 367 g/mol. The quantitative estimate of drug-likeness (QED) is 0.780. The Morgan fingerprint density at radius 3 is 2.73 bits per heavy atom. The largest absolute Gasteiger partial charge is 0.488 e. The summed E-state index contributed by atoms with van der Waals surface area (Å²) in [5, 5.41) is 4.65. The van der Waals surface area contributed by atoms with Crippen LogP contribution < -0.4 is 20.9 Å². The number of nitrogens with one attached hydrogen (secondary N) is 3. The summed E-state index contributed by atoms with van der Waals surface area (Å²) in [5.74, 6) is 0.782. The van der Waals surface area contributed by atoms with E-state index in [9.17, 15) is 22.8 Å². The van der Waals surface area contributed by atoms with Crippen LogP contribution in [-0.4, -0.2) is 23.7 Å². The van der Waals surface area contributed by atoms with Gasteiger partial charge in [-0.05, 0) is 12.1 Å². The predicted octanol–water partition coefficient (Wildman–Crippen LogP) is 3.08. The Morgan fingerprint density at radius 2 is 2.04 bits per heavy atom. The SMILES string of the molecule is C[C@H]1c2ccccc2O[C@H]1CNC(=O)Nc1cc(C(F)(F)F)c[nH]c1=O. The molecule has 2 heterocycles. The van der Waals surface area contributed by atoms with E-state index in [-0.39, 0.29) is 18.6 Å². The van der Waals surface area contributed by atoms with E-state index in [2.05, 4.69) is 10.6 Å². The van der Waals surface area contributed by atoms with Gasteiger partial charge in [0.2, 0.25) is 0 Å². The van der Waals surface area contributed by atoms with E-state index in [0.717, 1.165) is 11.3 Å². The van der Waals surface area contributed by atoms with Gasteiger partial charge < -0.3 is 20.4 Å². The third-order valence-corrected chi connectivity index (χ3v) is 4.19. The maximum atomic E-state index is 12.7. The maximum absolute atomic E-state index is 12.7. The molecule has 0 spiro atoms. The lowest BCUT2D eigenvalue weighted by Crippen LogP contribution is -2.39. The first-order valence-corrected chi connectivity index (χ1v) is 7.86. The zero-order chi connectivity index (χ0) is 18.9. The van der Waals surface area contributed by atoms with Crippen LogP contribution in [0.4, 0.5) is 23.7 Å². The van der Waals surface area contributed by atoms with Crippen LogP contribution >= 0.6 is 0 Å². The fourth-order valence-corrected chi connectivity index (χ4v) is 2.75. The van der Waals surface area contributed by atoms with Crippen molar-refractivity contribution in [1.82, 2.24) is 10.3 Å². The number of aromatic nitrogens is 1. The minimum Gasteiger partial charge on any atom is -0.488 e. The molecule has 0 radical (unpaired) electrons. The number of ether oxygens (including phenoxy) is 1. The van der Waals surface area contributed by atoms with E-state index in [0.29, 0.717) is 12.3 Å². The number of alkyl halides is 3. The Morgan fingerprint density at radius 1 is 1.31 bits per heavy atom. The van der Waals surface area contributed by atoms with Crippen molar-refractivity contribution in [3.63, 3.8) is 0 Å². The van der Waals surface area contributed by atoms with Crippen molar-refractivity contribution in [2.24, 2.45) is 0 Å². The number of H-pyrrole nitrogens is 1. The number of rotatable bonds is 3. The second kappa shape index (κ2) is 6.74. The van der Waals surface area contributed by atoms with Crippen molar-refractivity contribution in [2.45, 2.75) is 25.1 Å². The Kier molecular flexibility index (Phi) is 4.62. The number of carbonyl (C=O) groups excluding carboxylic acids is 1. The van der Waals surface area contributed by atoms with Gasteiger partial charge in [0.1, 0.15) is 17.5 Å². The molecule has 2 aromatic rings. The van der Waals surface area contributed by atoms with Gasteiger partial charge in [-0.25, -0.2) is 4.79 Å². The molecular weight excluding hydrogens is 351 g/mol. The number of carbonyl (C=O) groups is 1. The molecule has 3 rings (SSSR count). The minimum atomic E-state index is -4.63. The lowest BCUT2D eigenvalue weighted by molar-refractivity contribution is -0.137. The van der Waals surface area contributed by atoms with E-state index in [1.54, 1.807) is 0 Å². The third kappa shape index (κ3) is 3.66. The van der Waals surface area contributed by atoms with Crippen LogP contribution in [0.1, 0.15) is 24.0 Å². The molecule has 1 aromatic heterocycles. The van der Waals surface area contributed by atoms with Crippen LogP contribution in [0.2, 0.25) is 0 Å². The average Bonchev–Trinajstić information content (AvgIpc) is 2.90. The number of anilines is 1. The van der Waals surface area contributed by atoms with Crippen LogP contribution in [0.25, 0.3) is 0 Å². The smallest absolute Gasteiger partial charge is 0.417 e.